The number of ether oxygens (including phenoxy) is 2. The van der Waals surface area contributed by atoms with Crippen LogP contribution >= 0.6 is 0 Å². The number of methoxy groups -OCH3 is 2. The summed E-state index contributed by atoms with van der Waals surface area (Å²) in [7, 11) is 3.21. The highest BCUT2D eigenvalue weighted by Crippen LogP contribution is 2.39. The van der Waals surface area contributed by atoms with Gasteiger partial charge in [-0.2, -0.15) is 0 Å². The summed E-state index contributed by atoms with van der Waals surface area (Å²) in [5.41, 5.74) is 4.48. The Morgan fingerprint density at radius 3 is 1.76 bits per heavy atom. The number of benzene rings is 2. The van der Waals surface area contributed by atoms with E-state index in [4.69, 9.17) is 9.47 Å². The van der Waals surface area contributed by atoms with Crippen LogP contribution < -0.4 is 9.47 Å². The maximum atomic E-state index is 12.7. The minimum Gasteiger partial charge on any atom is -0.496 e. The number of carbonyl (C=O) groups is 2. The molecule has 5 nitrogen and oxygen atoms in total. The first-order valence-electron chi connectivity index (χ1n) is 8.08. The van der Waals surface area contributed by atoms with Crippen LogP contribution in [0.5, 0.6) is 11.5 Å². The molecule has 2 aromatic carbocycles. The number of carbonyl (C=O) groups excluding carboxylic acids is 2. The predicted molar refractivity (Wildman–Crippen MR) is 94.4 cm³/mol. The van der Waals surface area contributed by atoms with Crippen LogP contribution in [-0.2, 0) is 6.54 Å². The highest BCUT2D eigenvalue weighted by atomic mass is 16.5. The zero-order valence-electron chi connectivity index (χ0n) is 15.1. The van der Waals surface area contributed by atoms with Crippen molar-refractivity contribution >= 4 is 11.8 Å². The third-order valence-electron chi connectivity index (χ3n) is 4.91. The molecule has 0 aromatic heterocycles. The minimum absolute atomic E-state index is 0.152. The van der Waals surface area contributed by atoms with Crippen LogP contribution in [0.2, 0.25) is 0 Å². The average Bonchev–Trinajstić information content (AvgIpc) is 2.85. The Hall–Kier alpha value is -2.82. The van der Waals surface area contributed by atoms with Crippen LogP contribution in [0.4, 0.5) is 0 Å². The summed E-state index contributed by atoms with van der Waals surface area (Å²) in [5.74, 6) is 0.885. The number of imide groups is 1. The molecule has 25 heavy (non-hydrogen) atoms. The Labute approximate surface area is 147 Å². The molecule has 0 saturated heterocycles. The number of amides is 2. The highest BCUT2D eigenvalue weighted by Gasteiger charge is 2.36. The first-order chi connectivity index (χ1) is 11.9. The van der Waals surface area contributed by atoms with Crippen LogP contribution in [0.25, 0.3) is 0 Å². The fraction of sp³-hybridized carbons (Fsp3) is 0.300. The summed E-state index contributed by atoms with van der Waals surface area (Å²) in [5, 5.41) is 0. The van der Waals surface area contributed by atoms with Gasteiger partial charge in [-0.05, 0) is 49.6 Å². The summed E-state index contributed by atoms with van der Waals surface area (Å²) in [6.07, 6.45) is 0. The van der Waals surface area contributed by atoms with Gasteiger partial charge in [0.15, 0.2) is 0 Å². The average molecular weight is 339 g/mol. The Balaban J connectivity index is 2.09. The van der Waals surface area contributed by atoms with Gasteiger partial charge in [-0.15, -0.1) is 0 Å². The quantitative estimate of drug-likeness (QED) is 0.801. The molecular weight excluding hydrogens is 318 g/mol. The normalized spacial score (nSPS) is 13.2. The van der Waals surface area contributed by atoms with E-state index in [1.165, 1.54) is 4.90 Å². The van der Waals surface area contributed by atoms with Crippen molar-refractivity contribution < 1.29 is 19.1 Å². The smallest absolute Gasteiger partial charge is 0.261 e. The molecule has 1 aliphatic heterocycles. The lowest BCUT2D eigenvalue weighted by atomic mass is 9.97. The molecule has 0 atom stereocenters. The van der Waals surface area contributed by atoms with E-state index in [9.17, 15) is 9.59 Å². The van der Waals surface area contributed by atoms with Gasteiger partial charge in [-0.1, -0.05) is 12.1 Å². The van der Waals surface area contributed by atoms with E-state index in [0.717, 1.165) is 28.0 Å². The van der Waals surface area contributed by atoms with Crippen molar-refractivity contribution in [2.24, 2.45) is 0 Å². The zero-order chi connectivity index (χ0) is 18.3. The first-order valence-corrected chi connectivity index (χ1v) is 8.08. The van der Waals surface area contributed by atoms with Crippen molar-refractivity contribution in [2.45, 2.75) is 27.3 Å². The van der Waals surface area contributed by atoms with Crippen molar-refractivity contribution in [3.8, 4) is 11.5 Å². The fourth-order valence-electron chi connectivity index (χ4n) is 3.47. The van der Waals surface area contributed by atoms with E-state index in [1.807, 2.05) is 20.8 Å². The molecule has 0 unspecified atom stereocenters. The standard InChI is InChI=1S/C20H21NO4/c1-11-12(2)18(25-5)16(13(3)17(11)24-4)10-21-19(22)14-8-6-7-9-15(14)20(21)23/h6-9H,10H2,1-5H3. The van der Waals surface area contributed by atoms with Gasteiger partial charge in [-0.3, -0.25) is 14.5 Å². The fourth-order valence-corrected chi connectivity index (χ4v) is 3.47. The lowest BCUT2D eigenvalue weighted by Gasteiger charge is -2.23. The summed E-state index contributed by atoms with van der Waals surface area (Å²) in [6.45, 7) is 5.98. The van der Waals surface area contributed by atoms with Crippen molar-refractivity contribution in [3.05, 3.63) is 57.6 Å². The predicted octanol–water partition coefficient (Wildman–Crippen LogP) is 3.43. The van der Waals surface area contributed by atoms with Crippen LogP contribution in [-0.4, -0.2) is 30.9 Å². The summed E-state index contributed by atoms with van der Waals surface area (Å²) < 4.78 is 11.1. The van der Waals surface area contributed by atoms with Crippen LogP contribution in [0, 0.1) is 20.8 Å². The number of rotatable bonds is 4. The van der Waals surface area contributed by atoms with Crippen molar-refractivity contribution in [3.63, 3.8) is 0 Å². The maximum Gasteiger partial charge on any atom is 0.261 e. The Kier molecular flexibility index (Phi) is 4.25. The van der Waals surface area contributed by atoms with Gasteiger partial charge in [0.1, 0.15) is 11.5 Å². The minimum atomic E-state index is -0.278. The third-order valence-corrected chi connectivity index (χ3v) is 4.91. The van der Waals surface area contributed by atoms with Gasteiger partial charge >= 0.3 is 0 Å². The molecule has 5 heteroatoms. The van der Waals surface area contributed by atoms with Gasteiger partial charge in [0, 0.05) is 5.56 Å². The molecule has 0 spiro atoms. The molecule has 0 bridgehead atoms. The van der Waals surface area contributed by atoms with Gasteiger partial charge in [0.25, 0.3) is 11.8 Å². The van der Waals surface area contributed by atoms with Crippen molar-refractivity contribution in [2.75, 3.05) is 14.2 Å². The molecule has 0 aliphatic carbocycles. The lowest BCUT2D eigenvalue weighted by molar-refractivity contribution is 0.0641. The van der Waals surface area contributed by atoms with Crippen LogP contribution in [0.15, 0.2) is 24.3 Å². The summed E-state index contributed by atoms with van der Waals surface area (Å²) in [6, 6.07) is 6.89. The number of fused-ring (bicyclic) bond motifs is 1. The molecule has 0 N–H and O–H groups in total. The third kappa shape index (κ3) is 2.47. The molecule has 2 aromatic rings. The van der Waals surface area contributed by atoms with Crippen molar-refractivity contribution in [1.82, 2.24) is 4.90 Å². The molecule has 130 valence electrons. The molecular formula is C20H21NO4. The zero-order valence-corrected chi connectivity index (χ0v) is 15.1. The molecule has 0 radical (unpaired) electrons. The highest BCUT2D eigenvalue weighted by molar-refractivity contribution is 6.21. The van der Waals surface area contributed by atoms with Gasteiger partial charge in [0.05, 0.1) is 31.9 Å². The molecule has 3 rings (SSSR count). The molecule has 0 saturated carbocycles. The van der Waals surface area contributed by atoms with E-state index in [2.05, 4.69) is 0 Å². The number of hydrogen-bond donors (Lipinski definition) is 0. The van der Waals surface area contributed by atoms with E-state index in [1.54, 1.807) is 38.5 Å². The maximum absolute atomic E-state index is 12.7. The van der Waals surface area contributed by atoms with E-state index >= 15 is 0 Å². The second kappa shape index (κ2) is 6.24. The largest absolute Gasteiger partial charge is 0.496 e. The van der Waals surface area contributed by atoms with E-state index in [-0.39, 0.29) is 18.4 Å². The SMILES string of the molecule is COc1c(C)c(C)c(OC)c(CN2C(=O)c3ccccc3C2=O)c1C. The Morgan fingerprint density at radius 2 is 1.28 bits per heavy atom. The monoisotopic (exact) mass is 339 g/mol. The Bertz CT molecular complexity index is 851. The number of nitrogens with zero attached hydrogens (tertiary/aromatic N) is 1. The molecule has 0 fully saturated rings. The number of hydrogen-bond acceptors (Lipinski definition) is 4. The lowest BCUT2D eigenvalue weighted by Crippen LogP contribution is -2.29. The Morgan fingerprint density at radius 1 is 0.800 bits per heavy atom. The molecule has 1 aliphatic rings. The van der Waals surface area contributed by atoms with E-state index < -0.39 is 0 Å². The second-order valence-corrected chi connectivity index (χ2v) is 6.16. The second-order valence-electron chi connectivity index (χ2n) is 6.16. The van der Waals surface area contributed by atoms with Crippen LogP contribution in [0.3, 0.4) is 0 Å². The van der Waals surface area contributed by atoms with E-state index in [0.29, 0.717) is 16.9 Å². The van der Waals surface area contributed by atoms with Gasteiger partial charge < -0.3 is 9.47 Å². The van der Waals surface area contributed by atoms with Crippen molar-refractivity contribution in [1.29, 1.82) is 0 Å². The van der Waals surface area contributed by atoms with Gasteiger partial charge in [-0.25, -0.2) is 0 Å². The first kappa shape index (κ1) is 17.0. The molecule has 1 heterocycles. The summed E-state index contributed by atoms with van der Waals surface area (Å²) in [4.78, 5) is 26.6. The topological polar surface area (TPSA) is 55.8 Å². The summed E-state index contributed by atoms with van der Waals surface area (Å²) >= 11 is 0. The van der Waals surface area contributed by atoms with Crippen LogP contribution in [0.1, 0.15) is 43.0 Å². The molecule has 2 amide bonds. The van der Waals surface area contributed by atoms with Gasteiger partial charge in [0.2, 0.25) is 0 Å².